The number of aromatic amines is 1. The number of imidazole rings is 1. The molecule has 2 aromatic rings. The Hall–Kier alpha value is -3.22. The molecule has 0 aliphatic carbocycles. The summed E-state index contributed by atoms with van der Waals surface area (Å²) < 4.78 is 5.46. The number of hydrogen-bond acceptors (Lipinski definition) is 6. The Labute approximate surface area is 200 Å². The van der Waals surface area contributed by atoms with Gasteiger partial charge >= 0.3 is 0 Å². The number of ether oxygens (including phenoxy) is 1. The quantitative estimate of drug-likeness (QED) is 0.516. The van der Waals surface area contributed by atoms with E-state index >= 15 is 0 Å². The van der Waals surface area contributed by atoms with Crippen LogP contribution in [0.4, 0.5) is 0 Å². The zero-order valence-corrected chi connectivity index (χ0v) is 19.9. The van der Waals surface area contributed by atoms with Gasteiger partial charge in [-0.1, -0.05) is 12.0 Å². The first-order valence-corrected chi connectivity index (χ1v) is 11.8. The average molecular weight is 465 g/mol. The number of likely N-dealkylation sites (N-methyl/N-ethyl adjacent to an activating group) is 1. The third-order valence-electron chi connectivity index (χ3n) is 6.49. The van der Waals surface area contributed by atoms with Crippen molar-refractivity contribution in [2.45, 2.75) is 31.7 Å². The minimum absolute atomic E-state index is 0.0472. The lowest BCUT2D eigenvalue weighted by Crippen LogP contribution is -2.55. The van der Waals surface area contributed by atoms with E-state index in [0.717, 1.165) is 31.9 Å². The van der Waals surface area contributed by atoms with Gasteiger partial charge in [0, 0.05) is 63.6 Å². The number of piperazine rings is 1. The first-order chi connectivity index (χ1) is 16.5. The summed E-state index contributed by atoms with van der Waals surface area (Å²) in [5.74, 6) is 3.62. The maximum absolute atomic E-state index is 13.5. The van der Waals surface area contributed by atoms with Crippen LogP contribution in [0.3, 0.4) is 0 Å². The van der Waals surface area contributed by atoms with E-state index in [9.17, 15) is 9.59 Å². The Morgan fingerprint density at radius 3 is 2.88 bits per heavy atom. The summed E-state index contributed by atoms with van der Waals surface area (Å²) in [6.45, 7) is 6.01. The van der Waals surface area contributed by atoms with Gasteiger partial charge < -0.3 is 19.5 Å². The highest BCUT2D eigenvalue weighted by atomic mass is 16.5. The van der Waals surface area contributed by atoms with Gasteiger partial charge in [0.15, 0.2) is 5.65 Å². The molecule has 4 heterocycles. The summed E-state index contributed by atoms with van der Waals surface area (Å²) in [7, 11) is 1.91. The molecule has 0 unspecified atom stereocenters. The van der Waals surface area contributed by atoms with Crippen LogP contribution < -0.4 is 0 Å². The molecule has 4 rings (SSSR count). The number of carbonyl (C=O) groups is 2. The Kier molecular flexibility index (Phi) is 7.60. The predicted molar refractivity (Wildman–Crippen MR) is 129 cm³/mol. The molecule has 0 aromatic carbocycles. The van der Waals surface area contributed by atoms with E-state index in [0.29, 0.717) is 55.4 Å². The first-order valence-electron chi connectivity index (χ1n) is 11.8. The van der Waals surface area contributed by atoms with Crippen molar-refractivity contribution in [2.75, 3.05) is 53.0 Å². The monoisotopic (exact) mass is 464 g/mol. The number of rotatable bonds is 6. The number of H-pyrrole nitrogens is 1. The van der Waals surface area contributed by atoms with Crippen LogP contribution in [0, 0.1) is 12.3 Å². The van der Waals surface area contributed by atoms with Gasteiger partial charge in [0.2, 0.25) is 5.91 Å². The van der Waals surface area contributed by atoms with Crippen LogP contribution in [0.25, 0.3) is 11.2 Å². The fourth-order valence-corrected chi connectivity index (χ4v) is 4.54. The van der Waals surface area contributed by atoms with E-state index in [-0.39, 0.29) is 17.9 Å². The number of carbonyl (C=O) groups excluding carboxylic acids is 2. The lowest BCUT2D eigenvalue weighted by molar-refractivity contribution is -0.128. The molecule has 2 aliphatic heterocycles. The van der Waals surface area contributed by atoms with Crippen molar-refractivity contribution >= 4 is 23.0 Å². The number of nitrogens with zero attached hydrogens (tertiary/aromatic N) is 5. The third kappa shape index (κ3) is 5.29. The predicted octanol–water partition coefficient (Wildman–Crippen LogP) is 1.65. The number of terminal acetylenes is 1. The number of aromatic nitrogens is 3. The van der Waals surface area contributed by atoms with Gasteiger partial charge in [0.25, 0.3) is 5.91 Å². The molecular weight excluding hydrogens is 432 g/mol. The fraction of sp³-hybridized carbons (Fsp3) is 0.520. The third-order valence-corrected chi connectivity index (χ3v) is 6.49. The van der Waals surface area contributed by atoms with Gasteiger partial charge in [-0.05, 0) is 32.9 Å². The molecule has 34 heavy (non-hydrogen) atoms. The number of fused-ring (bicyclic) bond motifs is 1. The van der Waals surface area contributed by atoms with Crippen LogP contribution in [0.15, 0.2) is 24.4 Å². The summed E-state index contributed by atoms with van der Waals surface area (Å²) in [6, 6.07) is 1.64. The summed E-state index contributed by atoms with van der Waals surface area (Å²) in [4.78, 5) is 44.1. The summed E-state index contributed by atoms with van der Waals surface area (Å²) in [5, 5.41) is 0. The van der Waals surface area contributed by atoms with Crippen LogP contribution in [0.1, 0.15) is 41.9 Å². The van der Waals surface area contributed by atoms with Crippen LogP contribution in [0.5, 0.6) is 0 Å². The lowest BCUT2D eigenvalue weighted by atomic mass is 10.00. The Balaban J connectivity index is 1.42. The van der Waals surface area contributed by atoms with Gasteiger partial charge in [-0.25, -0.2) is 9.97 Å². The minimum atomic E-state index is -0.108. The van der Waals surface area contributed by atoms with Crippen molar-refractivity contribution in [3.05, 3.63) is 35.8 Å². The summed E-state index contributed by atoms with van der Waals surface area (Å²) in [6.07, 6.45) is 12.2. The molecule has 0 spiro atoms. The van der Waals surface area contributed by atoms with E-state index in [4.69, 9.17) is 11.2 Å². The highest BCUT2D eigenvalue weighted by Gasteiger charge is 2.31. The van der Waals surface area contributed by atoms with Gasteiger partial charge in [-0.3, -0.25) is 14.5 Å². The van der Waals surface area contributed by atoms with Crippen molar-refractivity contribution in [3.8, 4) is 12.3 Å². The molecule has 1 atom stereocenters. The molecule has 0 saturated carbocycles. The van der Waals surface area contributed by atoms with E-state index in [1.807, 2.05) is 29.8 Å². The number of hydrogen-bond donors (Lipinski definition) is 1. The van der Waals surface area contributed by atoms with Crippen molar-refractivity contribution in [2.24, 2.45) is 0 Å². The SMILES string of the molecule is C#CCN(C)C/C=C/C(=O)N1CCN(C(=O)c2ccnc3nc(C4CCOCC4)[nH]c23)[C@@H](C)C1. The molecule has 9 nitrogen and oxygen atoms in total. The first kappa shape index (κ1) is 23.9. The van der Waals surface area contributed by atoms with Crippen LogP contribution >= 0.6 is 0 Å². The van der Waals surface area contributed by atoms with Crippen molar-refractivity contribution in [1.29, 1.82) is 0 Å². The fourth-order valence-electron chi connectivity index (χ4n) is 4.54. The molecule has 2 saturated heterocycles. The standard InChI is InChI=1S/C25H32N6O3/c1-4-11-29(3)12-5-6-21(32)30-13-14-31(18(2)17-30)25(33)20-7-10-26-24-22(20)27-23(28-24)19-8-15-34-16-9-19/h1,5-7,10,18-19H,8-9,11-17H2,2-3H3,(H,26,27,28)/b6-5+/t18-/m0/s1. The molecule has 2 aliphatic rings. The minimum Gasteiger partial charge on any atom is -0.381 e. The van der Waals surface area contributed by atoms with E-state index in [1.54, 1.807) is 23.2 Å². The smallest absolute Gasteiger partial charge is 0.256 e. The number of nitrogens with one attached hydrogen (secondary N) is 1. The Morgan fingerprint density at radius 2 is 2.15 bits per heavy atom. The van der Waals surface area contributed by atoms with Crippen LogP contribution in [-0.4, -0.2) is 100 Å². The van der Waals surface area contributed by atoms with Gasteiger partial charge in [-0.2, -0.15) is 0 Å². The van der Waals surface area contributed by atoms with Crippen LogP contribution in [-0.2, 0) is 9.53 Å². The second kappa shape index (κ2) is 10.8. The van der Waals surface area contributed by atoms with E-state index < -0.39 is 0 Å². The molecule has 0 radical (unpaired) electrons. The highest BCUT2D eigenvalue weighted by Crippen LogP contribution is 2.27. The number of pyridine rings is 1. The Bertz CT molecular complexity index is 1100. The van der Waals surface area contributed by atoms with Crippen molar-refractivity contribution in [1.82, 2.24) is 29.7 Å². The highest BCUT2D eigenvalue weighted by molar-refractivity contribution is 6.04. The molecule has 2 amide bonds. The summed E-state index contributed by atoms with van der Waals surface area (Å²) in [5.41, 5.74) is 1.81. The maximum atomic E-state index is 13.5. The molecule has 180 valence electrons. The van der Waals surface area contributed by atoms with Gasteiger partial charge in [0.1, 0.15) is 5.82 Å². The topological polar surface area (TPSA) is 94.7 Å². The van der Waals surface area contributed by atoms with E-state index in [2.05, 4.69) is 20.9 Å². The lowest BCUT2D eigenvalue weighted by Gasteiger charge is -2.39. The maximum Gasteiger partial charge on any atom is 0.256 e. The summed E-state index contributed by atoms with van der Waals surface area (Å²) >= 11 is 0. The second-order valence-corrected chi connectivity index (χ2v) is 9.00. The molecule has 2 aromatic heterocycles. The molecular formula is C25H32N6O3. The van der Waals surface area contributed by atoms with Gasteiger partial charge in [0.05, 0.1) is 17.6 Å². The van der Waals surface area contributed by atoms with Crippen molar-refractivity contribution < 1.29 is 14.3 Å². The molecule has 0 bridgehead atoms. The van der Waals surface area contributed by atoms with Gasteiger partial charge in [-0.15, -0.1) is 6.42 Å². The Morgan fingerprint density at radius 1 is 1.35 bits per heavy atom. The van der Waals surface area contributed by atoms with Crippen molar-refractivity contribution in [3.63, 3.8) is 0 Å². The zero-order valence-electron chi connectivity index (χ0n) is 19.9. The second-order valence-electron chi connectivity index (χ2n) is 9.00. The number of amides is 2. The zero-order chi connectivity index (χ0) is 24.1. The average Bonchev–Trinajstić information content (AvgIpc) is 3.29. The van der Waals surface area contributed by atoms with Crippen LogP contribution in [0.2, 0.25) is 0 Å². The normalized spacial score (nSPS) is 19.8. The largest absolute Gasteiger partial charge is 0.381 e. The molecule has 9 heteroatoms. The molecule has 2 fully saturated rings. The van der Waals surface area contributed by atoms with E-state index in [1.165, 1.54) is 0 Å². The molecule has 1 N–H and O–H groups in total.